The number of ether oxygens (including phenoxy) is 1. The summed E-state index contributed by atoms with van der Waals surface area (Å²) in [5.41, 5.74) is 10.5. The highest BCUT2D eigenvalue weighted by molar-refractivity contribution is 7.12. The number of nitrogens with two attached hydrogens (primary N) is 1. The van der Waals surface area contributed by atoms with E-state index in [1.165, 1.54) is 40.8 Å². The third-order valence-corrected chi connectivity index (χ3v) is 5.68. The van der Waals surface area contributed by atoms with Crippen molar-refractivity contribution in [2.45, 2.75) is 38.1 Å². The standard InChI is InChI=1S/C17H19NOS/c18-17(16-10-12-3-1-5-15(12)20-16)13-6-7-14-11(9-13)4-2-8-19-14/h6-7,9-10,17H,1-5,8,18H2. The number of rotatable bonds is 2. The minimum Gasteiger partial charge on any atom is -0.493 e. The average Bonchev–Trinajstić information content (AvgIpc) is 3.07. The summed E-state index contributed by atoms with van der Waals surface area (Å²) in [5, 5.41) is 0. The van der Waals surface area contributed by atoms with Gasteiger partial charge in [0.05, 0.1) is 12.6 Å². The van der Waals surface area contributed by atoms with Crippen molar-refractivity contribution in [2.24, 2.45) is 5.73 Å². The lowest BCUT2D eigenvalue weighted by molar-refractivity contribution is 0.288. The van der Waals surface area contributed by atoms with Crippen LogP contribution in [0.25, 0.3) is 0 Å². The van der Waals surface area contributed by atoms with Crippen molar-refractivity contribution in [3.8, 4) is 5.75 Å². The predicted molar refractivity (Wildman–Crippen MR) is 82.6 cm³/mol. The Bertz CT molecular complexity index is 625. The van der Waals surface area contributed by atoms with E-state index >= 15 is 0 Å². The number of aryl methyl sites for hydroxylation is 3. The van der Waals surface area contributed by atoms with Crippen LogP contribution >= 0.6 is 11.3 Å². The quantitative estimate of drug-likeness (QED) is 0.915. The highest BCUT2D eigenvalue weighted by Gasteiger charge is 2.20. The molecule has 1 atom stereocenters. The molecular formula is C17H19NOS. The van der Waals surface area contributed by atoms with E-state index < -0.39 is 0 Å². The van der Waals surface area contributed by atoms with E-state index in [1.54, 1.807) is 4.88 Å². The first-order valence-electron chi connectivity index (χ1n) is 7.44. The molecule has 104 valence electrons. The maximum Gasteiger partial charge on any atom is 0.122 e. The lowest BCUT2D eigenvalue weighted by atomic mass is 9.99. The van der Waals surface area contributed by atoms with Crippen molar-refractivity contribution < 1.29 is 4.74 Å². The van der Waals surface area contributed by atoms with Crippen LogP contribution in [-0.4, -0.2) is 6.61 Å². The Labute approximate surface area is 123 Å². The summed E-state index contributed by atoms with van der Waals surface area (Å²) in [4.78, 5) is 2.86. The Morgan fingerprint density at radius 3 is 2.85 bits per heavy atom. The van der Waals surface area contributed by atoms with Gasteiger partial charge in [-0.3, -0.25) is 0 Å². The number of thiophene rings is 1. The molecule has 1 unspecified atom stereocenters. The SMILES string of the molecule is NC(c1ccc2c(c1)CCCO2)c1cc2c(s1)CCC2. The van der Waals surface area contributed by atoms with Crippen LogP contribution in [0, 0.1) is 0 Å². The van der Waals surface area contributed by atoms with Gasteiger partial charge in [0.25, 0.3) is 0 Å². The molecule has 0 amide bonds. The Hall–Kier alpha value is -1.32. The fraction of sp³-hybridized carbons (Fsp3) is 0.412. The Balaban J connectivity index is 1.65. The Morgan fingerprint density at radius 1 is 1.05 bits per heavy atom. The molecule has 0 radical (unpaired) electrons. The molecule has 2 heterocycles. The molecule has 4 rings (SSSR count). The van der Waals surface area contributed by atoms with Gasteiger partial charge in [-0.2, -0.15) is 0 Å². The minimum absolute atomic E-state index is 0.0119. The summed E-state index contributed by atoms with van der Waals surface area (Å²) in [5.74, 6) is 1.04. The Kier molecular flexibility index (Phi) is 3.04. The van der Waals surface area contributed by atoms with Crippen LogP contribution < -0.4 is 10.5 Å². The average molecular weight is 285 g/mol. The van der Waals surface area contributed by atoms with Crippen molar-refractivity contribution in [1.29, 1.82) is 0 Å². The van der Waals surface area contributed by atoms with Gasteiger partial charge in [0, 0.05) is 9.75 Å². The largest absolute Gasteiger partial charge is 0.493 e. The first kappa shape index (κ1) is 12.4. The summed E-state index contributed by atoms with van der Waals surface area (Å²) in [7, 11) is 0. The van der Waals surface area contributed by atoms with E-state index in [9.17, 15) is 0 Å². The van der Waals surface area contributed by atoms with Gasteiger partial charge in [0.1, 0.15) is 5.75 Å². The zero-order chi connectivity index (χ0) is 13.5. The molecule has 2 nitrogen and oxygen atoms in total. The Morgan fingerprint density at radius 2 is 1.95 bits per heavy atom. The zero-order valence-electron chi connectivity index (χ0n) is 11.5. The van der Waals surface area contributed by atoms with Gasteiger partial charge in [-0.15, -0.1) is 11.3 Å². The summed E-state index contributed by atoms with van der Waals surface area (Å²) in [6.07, 6.45) is 6.00. The van der Waals surface area contributed by atoms with Crippen LogP contribution in [0.5, 0.6) is 5.75 Å². The predicted octanol–water partition coefficient (Wildman–Crippen LogP) is 3.61. The van der Waals surface area contributed by atoms with Crippen molar-refractivity contribution in [3.05, 3.63) is 50.7 Å². The fourth-order valence-electron chi connectivity index (χ4n) is 3.24. The van der Waals surface area contributed by atoms with E-state index in [-0.39, 0.29) is 6.04 Å². The maximum atomic E-state index is 6.48. The van der Waals surface area contributed by atoms with Crippen molar-refractivity contribution in [1.82, 2.24) is 0 Å². The van der Waals surface area contributed by atoms with Crippen LogP contribution in [0.1, 0.15) is 45.3 Å². The van der Waals surface area contributed by atoms with Crippen LogP contribution in [0.2, 0.25) is 0 Å². The molecule has 20 heavy (non-hydrogen) atoms. The maximum absolute atomic E-state index is 6.48. The molecule has 2 aromatic rings. The first-order valence-corrected chi connectivity index (χ1v) is 8.25. The second kappa shape index (κ2) is 4.90. The summed E-state index contributed by atoms with van der Waals surface area (Å²) >= 11 is 1.91. The van der Waals surface area contributed by atoms with Crippen LogP contribution in [0.3, 0.4) is 0 Å². The summed E-state index contributed by atoms with van der Waals surface area (Å²) < 4.78 is 5.68. The highest BCUT2D eigenvalue weighted by Crippen LogP contribution is 2.36. The third kappa shape index (κ3) is 2.05. The fourth-order valence-corrected chi connectivity index (χ4v) is 4.53. The number of hydrogen-bond acceptors (Lipinski definition) is 3. The van der Waals surface area contributed by atoms with Crippen LogP contribution in [0.4, 0.5) is 0 Å². The lowest BCUT2D eigenvalue weighted by Crippen LogP contribution is -2.13. The number of benzene rings is 1. The molecule has 0 saturated heterocycles. The molecule has 0 fully saturated rings. The van der Waals surface area contributed by atoms with Gasteiger partial charge in [-0.05, 0) is 60.9 Å². The van der Waals surface area contributed by atoms with E-state index in [0.29, 0.717) is 0 Å². The van der Waals surface area contributed by atoms with Gasteiger partial charge in [-0.1, -0.05) is 12.1 Å². The van der Waals surface area contributed by atoms with Crippen molar-refractivity contribution >= 4 is 11.3 Å². The monoisotopic (exact) mass is 285 g/mol. The minimum atomic E-state index is 0.0119. The molecule has 1 aliphatic carbocycles. The molecule has 0 spiro atoms. The van der Waals surface area contributed by atoms with Crippen LogP contribution in [-0.2, 0) is 19.3 Å². The van der Waals surface area contributed by atoms with Gasteiger partial charge in [0.15, 0.2) is 0 Å². The molecular weight excluding hydrogens is 266 g/mol. The van der Waals surface area contributed by atoms with E-state index in [1.807, 2.05) is 11.3 Å². The molecule has 0 saturated carbocycles. The van der Waals surface area contributed by atoms with E-state index in [4.69, 9.17) is 10.5 Å². The third-order valence-electron chi connectivity index (χ3n) is 4.36. The molecule has 3 heteroatoms. The second-order valence-electron chi connectivity index (χ2n) is 5.75. The van der Waals surface area contributed by atoms with Crippen molar-refractivity contribution in [2.75, 3.05) is 6.61 Å². The lowest BCUT2D eigenvalue weighted by Gasteiger charge is -2.19. The second-order valence-corrected chi connectivity index (χ2v) is 6.92. The van der Waals surface area contributed by atoms with Gasteiger partial charge in [0.2, 0.25) is 0 Å². The summed E-state index contributed by atoms with van der Waals surface area (Å²) in [6.45, 7) is 0.843. The van der Waals surface area contributed by atoms with Crippen LogP contribution in [0.15, 0.2) is 24.3 Å². The number of fused-ring (bicyclic) bond motifs is 2. The molecule has 1 aromatic carbocycles. The van der Waals surface area contributed by atoms with Gasteiger partial charge >= 0.3 is 0 Å². The normalized spacial score (nSPS) is 18.2. The topological polar surface area (TPSA) is 35.2 Å². The van der Waals surface area contributed by atoms with Gasteiger partial charge in [-0.25, -0.2) is 0 Å². The number of hydrogen-bond donors (Lipinski definition) is 1. The smallest absolute Gasteiger partial charge is 0.122 e. The molecule has 0 bridgehead atoms. The van der Waals surface area contributed by atoms with E-state index in [0.717, 1.165) is 25.2 Å². The van der Waals surface area contributed by atoms with Crippen molar-refractivity contribution in [3.63, 3.8) is 0 Å². The summed E-state index contributed by atoms with van der Waals surface area (Å²) in [6, 6.07) is 8.79. The zero-order valence-corrected chi connectivity index (χ0v) is 12.3. The van der Waals surface area contributed by atoms with E-state index in [2.05, 4.69) is 24.3 Å². The molecule has 2 aliphatic rings. The molecule has 1 aliphatic heterocycles. The van der Waals surface area contributed by atoms with Gasteiger partial charge < -0.3 is 10.5 Å². The first-order chi connectivity index (χ1) is 9.81. The molecule has 2 N–H and O–H groups in total. The highest BCUT2D eigenvalue weighted by atomic mass is 32.1. The molecule has 1 aromatic heterocycles.